The Bertz CT molecular complexity index is 618. The van der Waals surface area contributed by atoms with Gasteiger partial charge in [-0.25, -0.2) is 0 Å². The van der Waals surface area contributed by atoms with Gasteiger partial charge in [0.15, 0.2) is 0 Å². The van der Waals surface area contributed by atoms with Crippen LogP contribution in [0.1, 0.15) is 36.4 Å². The van der Waals surface area contributed by atoms with Crippen molar-refractivity contribution in [3.05, 3.63) is 23.1 Å². The van der Waals surface area contributed by atoms with Gasteiger partial charge in [0, 0.05) is 10.7 Å². The molecule has 0 unspecified atom stereocenters. The predicted molar refractivity (Wildman–Crippen MR) is 84.6 cm³/mol. The van der Waals surface area contributed by atoms with Gasteiger partial charge >= 0.3 is 0 Å². The van der Waals surface area contributed by atoms with Crippen molar-refractivity contribution < 1.29 is 9.53 Å². The van der Waals surface area contributed by atoms with E-state index in [2.05, 4.69) is 19.2 Å². The van der Waals surface area contributed by atoms with Gasteiger partial charge in [-0.3, -0.25) is 4.79 Å². The highest BCUT2D eigenvalue weighted by Gasteiger charge is 2.20. The summed E-state index contributed by atoms with van der Waals surface area (Å²) in [6, 6.07) is 5.90. The maximum atomic E-state index is 12.3. The summed E-state index contributed by atoms with van der Waals surface area (Å²) in [5.41, 5.74) is 6.65. The number of carbonyl (C=O) groups is 1. The van der Waals surface area contributed by atoms with E-state index in [9.17, 15) is 4.79 Å². The van der Waals surface area contributed by atoms with Crippen LogP contribution in [0.4, 0.5) is 5.69 Å². The molecule has 3 N–H and O–H groups in total. The van der Waals surface area contributed by atoms with Crippen LogP contribution < -0.4 is 15.8 Å². The molecule has 0 aliphatic carbocycles. The van der Waals surface area contributed by atoms with Crippen molar-refractivity contribution in [1.82, 2.24) is 5.32 Å². The Balaban J connectivity index is 2.40. The predicted octanol–water partition coefficient (Wildman–Crippen LogP) is 3.41. The van der Waals surface area contributed by atoms with Crippen LogP contribution in [-0.2, 0) is 0 Å². The molecular weight excluding hydrogens is 272 g/mol. The first-order chi connectivity index (χ1) is 9.62. The summed E-state index contributed by atoms with van der Waals surface area (Å²) in [6.45, 7) is 4.12. The van der Waals surface area contributed by atoms with Crippen molar-refractivity contribution in [3.63, 3.8) is 0 Å². The van der Waals surface area contributed by atoms with E-state index in [4.69, 9.17) is 10.5 Å². The number of carbonyl (C=O) groups excluding carboxylic acids is 1. The van der Waals surface area contributed by atoms with Crippen LogP contribution in [-0.4, -0.2) is 19.1 Å². The molecule has 0 atom stereocenters. The molecule has 20 heavy (non-hydrogen) atoms. The fourth-order valence-corrected chi connectivity index (χ4v) is 3.27. The molecule has 4 nitrogen and oxygen atoms in total. The summed E-state index contributed by atoms with van der Waals surface area (Å²) in [6.07, 6.45) is 1.83. The number of hydrogen-bond donors (Lipinski definition) is 2. The lowest BCUT2D eigenvalue weighted by molar-refractivity contribution is 0.0940. The Morgan fingerprint density at radius 1 is 1.40 bits per heavy atom. The standard InChI is InChI=1S/C15H20N2O2S/c1-4-9(5-2)17-15(18)14-13(16)12-10(19-3)7-6-8-11(12)20-14/h6-9H,4-5,16H2,1-3H3,(H,17,18). The number of methoxy groups -OCH3 is 1. The third-order valence-electron chi connectivity index (χ3n) is 3.46. The number of anilines is 1. The lowest BCUT2D eigenvalue weighted by Crippen LogP contribution is -2.33. The van der Waals surface area contributed by atoms with Crippen molar-refractivity contribution in [1.29, 1.82) is 0 Å². The van der Waals surface area contributed by atoms with Gasteiger partial charge in [0.25, 0.3) is 5.91 Å². The van der Waals surface area contributed by atoms with Crippen molar-refractivity contribution >= 4 is 33.0 Å². The Labute approximate surface area is 122 Å². The highest BCUT2D eigenvalue weighted by Crippen LogP contribution is 2.39. The number of nitrogen functional groups attached to an aromatic ring is 1. The SMILES string of the molecule is CCC(CC)NC(=O)c1sc2cccc(OC)c2c1N. The van der Waals surface area contributed by atoms with E-state index in [1.807, 2.05) is 18.2 Å². The second-order valence-corrected chi connectivity index (χ2v) is 5.72. The van der Waals surface area contributed by atoms with Crippen LogP contribution in [0.15, 0.2) is 18.2 Å². The molecule has 1 amide bonds. The minimum atomic E-state index is -0.0977. The number of amides is 1. The highest BCUT2D eigenvalue weighted by atomic mass is 32.1. The van der Waals surface area contributed by atoms with Gasteiger partial charge in [0.1, 0.15) is 10.6 Å². The summed E-state index contributed by atoms with van der Waals surface area (Å²) in [7, 11) is 1.61. The number of ether oxygens (including phenoxy) is 1. The van der Waals surface area contributed by atoms with Gasteiger partial charge in [0.05, 0.1) is 18.2 Å². The Morgan fingerprint density at radius 2 is 2.10 bits per heavy atom. The van der Waals surface area contributed by atoms with Gasteiger partial charge in [-0.15, -0.1) is 11.3 Å². The molecule has 0 spiro atoms. The number of nitrogens with one attached hydrogen (secondary N) is 1. The number of hydrogen-bond acceptors (Lipinski definition) is 4. The summed E-state index contributed by atoms with van der Waals surface area (Å²) in [4.78, 5) is 12.9. The maximum absolute atomic E-state index is 12.3. The first kappa shape index (κ1) is 14.7. The third-order valence-corrected chi connectivity index (χ3v) is 4.63. The summed E-state index contributed by atoms with van der Waals surface area (Å²) >= 11 is 1.41. The quantitative estimate of drug-likeness (QED) is 0.887. The number of benzene rings is 1. The average molecular weight is 292 g/mol. The number of nitrogens with two attached hydrogens (primary N) is 1. The van der Waals surface area contributed by atoms with E-state index in [0.717, 1.165) is 22.9 Å². The van der Waals surface area contributed by atoms with E-state index >= 15 is 0 Å². The smallest absolute Gasteiger partial charge is 0.263 e. The first-order valence-corrected chi connectivity index (χ1v) is 7.59. The zero-order valence-corrected chi connectivity index (χ0v) is 12.8. The van der Waals surface area contributed by atoms with Crippen LogP contribution in [0.2, 0.25) is 0 Å². The van der Waals surface area contributed by atoms with E-state index in [0.29, 0.717) is 16.3 Å². The topological polar surface area (TPSA) is 64.3 Å². The molecule has 1 aromatic carbocycles. The molecular formula is C15H20N2O2S. The molecule has 1 heterocycles. The fraction of sp³-hybridized carbons (Fsp3) is 0.400. The number of rotatable bonds is 5. The molecule has 0 saturated heterocycles. The molecule has 0 saturated carbocycles. The van der Waals surface area contributed by atoms with Crippen molar-refractivity contribution in [2.75, 3.05) is 12.8 Å². The lowest BCUT2D eigenvalue weighted by Gasteiger charge is -2.14. The van der Waals surface area contributed by atoms with Crippen LogP contribution in [0.5, 0.6) is 5.75 Å². The van der Waals surface area contributed by atoms with E-state index in [-0.39, 0.29) is 11.9 Å². The van der Waals surface area contributed by atoms with E-state index in [1.54, 1.807) is 7.11 Å². The molecule has 5 heteroatoms. The Hall–Kier alpha value is -1.75. The van der Waals surface area contributed by atoms with Gasteiger partial charge in [0.2, 0.25) is 0 Å². The van der Waals surface area contributed by atoms with E-state index in [1.165, 1.54) is 11.3 Å². The third kappa shape index (κ3) is 2.58. The van der Waals surface area contributed by atoms with Crippen LogP contribution in [0.3, 0.4) is 0 Å². The zero-order chi connectivity index (χ0) is 14.7. The Morgan fingerprint density at radius 3 is 2.70 bits per heavy atom. The highest BCUT2D eigenvalue weighted by molar-refractivity contribution is 7.21. The lowest BCUT2D eigenvalue weighted by atomic mass is 10.1. The largest absolute Gasteiger partial charge is 0.496 e. The maximum Gasteiger partial charge on any atom is 0.263 e. The summed E-state index contributed by atoms with van der Waals surface area (Å²) in [5.74, 6) is 0.609. The first-order valence-electron chi connectivity index (χ1n) is 6.78. The van der Waals surface area contributed by atoms with Gasteiger partial charge in [-0.2, -0.15) is 0 Å². The monoisotopic (exact) mass is 292 g/mol. The average Bonchev–Trinajstić information content (AvgIpc) is 2.82. The van der Waals surface area contributed by atoms with Crippen LogP contribution in [0, 0.1) is 0 Å². The number of thiophene rings is 1. The normalized spacial score (nSPS) is 11.0. The molecule has 0 bridgehead atoms. The molecule has 2 aromatic rings. The molecule has 108 valence electrons. The van der Waals surface area contributed by atoms with Gasteiger partial charge in [-0.1, -0.05) is 19.9 Å². The minimum absolute atomic E-state index is 0.0977. The molecule has 0 aliphatic heterocycles. The molecule has 0 radical (unpaired) electrons. The summed E-state index contributed by atoms with van der Waals surface area (Å²) < 4.78 is 6.29. The van der Waals surface area contributed by atoms with Gasteiger partial charge < -0.3 is 15.8 Å². The van der Waals surface area contributed by atoms with Gasteiger partial charge in [-0.05, 0) is 25.0 Å². The second-order valence-electron chi connectivity index (χ2n) is 4.67. The second kappa shape index (κ2) is 6.13. The Kier molecular flexibility index (Phi) is 4.49. The number of fused-ring (bicyclic) bond motifs is 1. The summed E-state index contributed by atoms with van der Waals surface area (Å²) in [5, 5.41) is 3.85. The molecule has 1 aromatic heterocycles. The van der Waals surface area contributed by atoms with Crippen molar-refractivity contribution in [2.24, 2.45) is 0 Å². The van der Waals surface area contributed by atoms with Crippen molar-refractivity contribution in [3.8, 4) is 5.75 Å². The van der Waals surface area contributed by atoms with Crippen molar-refractivity contribution in [2.45, 2.75) is 32.7 Å². The minimum Gasteiger partial charge on any atom is -0.496 e. The molecule has 2 rings (SSSR count). The van der Waals surface area contributed by atoms with E-state index < -0.39 is 0 Å². The zero-order valence-electron chi connectivity index (χ0n) is 12.0. The fourth-order valence-electron chi connectivity index (χ4n) is 2.22. The van der Waals surface area contributed by atoms with Crippen LogP contribution >= 0.6 is 11.3 Å². The molecule has 0 aliphatic rings. The van der Waals surface area contributed by atoms with Crippen LogP contribution in [0.25, 0.3) is 10.1 Å². The molecule has 0 fully saturated rings.